The standard InChI is InChI=1S/C18H18ClNO7/c1-20(27)17(25)14(22)9-18(26,8-10-2-4-11(19)5-3-10)12-6-7-13(21)16(24)15(12)23/h2-7,21,23-24,26-27H,8-9H2,1H3. The molecule has 0 saturated heterocycles. The van der Waals surface area contributed by atoms with Crippen LogP contribution in [0, 0.1) is 0 Å². The molecular weight excluding hydrogens is 378 g/mol. The van der Waals surface area contributed by atoms with Gasteiger partial charge in [0.1, 0.15) is 5.60 Å². The second-order valence-corrected chi connectivity index (χ2v) is 6.53. The number of halogens is 1. The molecule has 0 aliphatic carbocycles. The van der Waals surface area contributed by atoms with E-state index in [1.54, 1.807) is 24.3 Å². The molecule has 2 aromatic carbocycles. The normalized spacial score (nSPS) is 13.0. The number of likely N-dealkylation sites (N-methyl/N-ethyl adjacent to an activating group) is 1. The Bertz CT molecular complexity index is 867. The first-order valence-corrected chi connectivity index (χ1v) is 8.14. The Morgan fingerprint density at radius 2 is 1.63 bits per heavy atom. The lowest BCUT2D eigenvalue weighted by Gasteiger charge is -2.29. The summed E-state index contributed by atoms with van der Waals surface area (Å²) in [6.07, 6.45) is -1.02. The summed E-state index contributed by atoms with van der Waals surface area (Å²) in [5.74, 6) is -4.71. The molecular formula is C18H18ClNO7. The van der Waals surface area contributed by atoms with Gasteiger partial charge in [0.2, 0.25) is 11.5 Å². The van der Waals surface area contributed by atoms with Gasteiger partial charge in [0.25, 0.3) is 0 Å². The van der Waals surface area contributed by atoms with E-state index >= 15 is 0 Å². The van der Waals surface area contributed by atoms with Crippen molar-refractivity contribution in [2.24, 2.45) is 0 Å². The van der Waals surface area contributed by atoms with Crippen molar-refractivity contribution >= 4 is 23.3 Å². The minimum atomic E-state index is -2.12. The van der Waals surface area contributed by atoms with Crippen LogP contribution in [-0.2, 0) is 21.6 Å². The summed E-state index contributed by atoms with van der Waals surface area (Å²) in [6, 6.07) is 8.42. The highest BCUT2D eigenvalue weighted by Gasteiger charge is 2.38. The smallest absolute Gasteiger partial charge is 0.313 e. The van der Waals surface area contributed by atoms with Crippen LogP contribution in [0.4, 0.5) is 0 Å². The molecule has 0 fully saturated rings. The summed E-state index contributed by atoms with van der Waals surface area (Å²) in [5.41, 5.74) is -1.87. The maximum atomic E-state index is 12.2. The number of amides is 1. The van der Waals surface area contributed by atoms with Crippen molar-refractivity contribution < 1.29 is 35.2 Å². The summed E-state index contributed by atoms with van der Waals surface area (Å²) >= 11 is 5.83. The molecule has 27 heavy (non-hydrogen) atoms. The zero-order valence-corrected chi connectivity index (χ0v) is 15.0. The first-order chi connectivity index (χ1) is 12.5. The Labute approximate surface area is 159 Å². The number of carbonyl (C=O) groups is 2. The summed E-state index contributed by atoms with van der Waals surface area (Å²) in [5, 5.41) is 50.2. The molecule has 1 unspecified atom stereocenters. The maximum absolute atomic E-state index is 12.2. The van der Waals surface area contributed by atoms with Crippen molar-refractivity contribution in [3.8, 4) is 17.2 Å². The highest BCUT2D eigenvalue weighted by atomic mass is 35.5. The number of ketones is 1. The van der Waals surface area contributed by atoms with Crippen LogP contribution in [0.2, 0.25) is 5.02 Å². The summed E-state index contributed by atoms with van der Waals surface area (Å²) in [4.78, 5) is 23.9. The van der Waals surface area contributed by atoms with Gasteiger partial charge in [-0.2, -0.15) is 0 Å². The van der Waals surface area contributed by atoms with E-state index < -0.39 is 41.0 Å². The van der Waals surface area contributed by atoms with E-state index in [4.69, 9.17) is 16.8 Å². The van der Waals surface area contributed by atoms with Crippen LogP contribution < -0.4 is 0 Å². The molecule has 0 aliphatic rings. The predicted octanol–water partition coefficient (Wildman–Crippen LogP) is 1.69. The molecule has 9 heteroatoms. The molecule has 2 aromatic rings. The van der Waals surface area contributed by atoms with E-state index in [0.717, 1.165) is 19.2 Å². The molecule has 1 atom stereocenters. The van der Waals surface area contributed by atoms with Gasteiger partial charge < -0.3 is 20.4 Å². The van der Waals surface area contributed by atoms with Gasteiger partial charge in [-0.1, -0.05) is 23.7 Å². The third kappa shape index (κ3) is 4.48. The zero-order chi connectivity index (χ0) is 20.4. The van der Waals surface area contributed by atoms with Gasteiger partial charge in [0.15, 0.2) is 11.5 Å². The number of hydrogen-bond acceptors (Lipinski definition) is 7. The van der Waals surface area contributed by atoms with Crippen LogP contribution in [0.1, 0.15) is 17.5 Å². The molecule has 0 aromatic heterocycles. The average molecular weight is 396 g/mol. The van der Waals surface area contributed by atoms with Crippen LogP contribution >= 0.6 is 11.6 Å². The minimum absolute atomic E-state index is 0.0825. The topological polar surface area (TPSA) is 139 Å². The fraction of sp³-hybridized carbons (Fsp3) is 0.222. The van der Waals surface area contributed by atoms with Crippen molar-refractivity contribution in [3.05, 3.63) is 52.5 Å². The van der Waals surface area contributed by atoms with Crippen molar-refractivity contribution in [3.63, 3.8) is 0 Å². The number of aromatic hydroxyl groups is 3. The Hall–Kier alpha value is -2.81. The largest absolute Gasteiger partial charge is 0.504 e. The summed E-state index contributed by atoms with van der Waals surface area (Å²) < 4.78 is 0. The van der Waals surface area contributed by atoms with Crippen molar-refractivity contribution in [2.45, 2.75) is 18.4 Å². The Kier molecular flexibility index (Phi) is 5.94. The van der Waals surface area contributed by atoms with Crippen molar-refractivity contribution in [2.75, 3.05) is 7.05 Å². The Morgan fingerprint density at radius 3 is 2.19 bits per heavy atom. The molecule has 1 amide bonds. The lowest BCUT2D eigenvalue weighted by molar-refractivity contribution is -0.167. The molecule has 8 nitrogen and oxygen atoms in total. The average Bonchev–Trinajstić information content (AvgIpc) is 2.60. The molecule has 0 bridgehead atoms. The van der Waals surface area contributed by atoms with Gasteiger partial charge >= 0.3 is 5.91 Å². The van der Waals surface area contributed by atoms with Gasteiger partial charge in [0.05, 0.1) is 0 Å². The molecule has 0 heterocycles. The van der Waals surface area contributed by atoms with Crippen molar-refractivity contribution in [1.82, 2.24) is 5.06 Å². The van der Waals surface area contributed by atoms with E-state index in [1.165, 1.54) is 0 Å². The highest BCUT2D eigenvalue weighted by Crippen LogP contribution is 2.44. The lowest BCUT2D eigenvalue weighted by atomic mass is 9.82. The molecule has 0 radical (unpaired) electrons. The lowest BCUT2D eigenvalue weighted by Crippen LogP contribution is -2.38. The number of rotatable bonds is 6. The number of hydroxylamine groups is 2. The molecule has 2 rings (SSSR count). The molecule has 5 N–H and O–H groups in total. The fourth-order valence-electron chi connectivity index (χ4n) is 2.66. The van der Waals surface area contributed by atoms with Gasteiger partial charge in [-0.05, 0) is 29.8 Å². The van der Waals surface area contributed by atoms with Gasteiger partial charge in [-0.25, -0.2) is 5.06 Å². The van der Waals surface area contributed by atoms with Crippen LogP contribution in [0.3, 0.4) is 0 Å². The predicted molar refractivity (Wildman–Crippen MR) is 94.7 cm³/mol. The quantitative estimate of drug-likeness (QED) is 0.217. The van der Waals surface area contributed by atoms with E-state index in [0.29, 0.717) is 10.6 Å². The van der Waals surface area contributed by atoms with Crippen LogP contribution in [0.25, 0.3) is 0 Å². The van der Waals surface area contributed by atoms with E-state index in [1.807, 2.05) is 0 Å². The molecule has 0 saturated carbocycles. The van der Waals surface area contributed by atoms with E-state index in [2.05, 4.69) is 0 Å². The number of hydrogen-bond donors (Lipinski definition) is 5. The number of benzene rings is 2. The third-order valence-electron chi connectivity index (χ3n) is 4.03. The SMILES string of the molecule is CN(O)C(=O)C(=O)CC(O)(Cc1ccc(Cl)cc1)c1ccc(O)c(O)c1O. The minimum Gasteiger partial charge on any atom is -0.504 e. The van der Waals surface area contributed by atoms with Crippen LogP contribution in [0.15, 0.2) is 36.4 Å². The third-order valence-corrected chi connectivity index (χ3v) is 4.28. The molecule has 0 spiro atoms. The van der Waals surface area contributed by atoms with Gasteiger partial charge in [-0.3, -0.25) is 14.8 Å². The highest BCUT2D eigenvalue weighted by molar-refractivity contribution is 6.35. The van der Waals surface area contributed by atoms with Crippen LogP contribution in [0.5, 0.6) is 17.2 Å². The number of phenols is 3. The first kappa shape index (κ1) is 20.5. The Balaban J connectivity index is 2.50. The number of phenolic OH excluding ortho intramolecular Hbond substituents is 3. The summed E-state index contributed by atoms with van der Waals surface area (Å²) in [6.45, 7) is 0. The number of nitrogens with zero attached hydrogens (tertiary/aromatic N) is 1. The monoisotopic (exact) mass is 395 g/mol. The van der Waals surface area contributed by atoms with E-state index in [-0.39, 0.29) is 17.0 Å². The molecule has 0 aliphatic heterocycles. The van der Waals surface area contributed by atoms with Crippen molar-refractivity contribution in [1.29, 1.82) is 0 Å². The van der Waals surface area contributed by atoms with E-state index in [9.17, 15) is 30.0 Å². The molecule has 144 valence electrons. The zero-order valence-electron chi connectivity index (χ0n) is 14.3. The number of carbonyl (C=O) groups excluding carboxylic acids is 2. The summed E-state index contributed by atoms with van der Waals surface area (Å²) in [7, 11) is 0.961. The maximum Gasteiger partial charge on any atom is 0.313 e. The fourth-order valence-corrected chi connectivity index (χ4v) is 2.79. The van der Waals surface area contributed by atoms with Crippen LogP contribution in [-0.4, -0.2) is 49.4 Å². The second-order valence-electron chi connectivity index (χ2n) is 6.09. The number of aliphatic hydroxyl groups is 1. The first-order valence-electron chi connectivity index (χ1n) is 7.76. The van der Waals surface area contributed by atoms with Gasteiger partial charge in [-0.15, -0.1) is 0 Å². The van der Waals surface area contributed by atoms with Gasteiger partial charge in [0, 0.05) is 30.5 Å². The number of Topliss-reactive ketones (excluding diaryl/α,β-unsaturated/α-hetero) is 1. The second kappa shape index (κ2) is 7.83. The Morgan fingerprint density at radius 1 is 1.04 bits per heavy atom.